The summed E-state index contributed by atoms with van der Waals surface area (Å²) in [6.07, 6.45) is 18.0. The Balaban J connectivity index is 1.42. The van der Waals surface area contributed by atoms with Gasteiger partial charge in [-0.2, -0.15) is 0 Å². The predicted molar refractivity (Wildman–Crippen MR) is 174 cm³/mol. The lowest BCUT2D eigenvalue weighted by molar-refractivity contribution is -0.155. The van der Waals surface area contributed by atoms with Gasteiger partial charge >= 0.3 is 23.9 Å². The fraction of sp³-hybridized carbons (Fsp3) is 0.667. The second-order valence-corrected chi connectivity index (χ2v) is 12.3. The fourth-order valence-electron chi connectivity index (χ4n) is 5.23. The first kappa shape index (κ1) is 38.0. The van der Waals surface area contributed by atoms with Gasteiger partial charge in [0.05, 0.1) is 24.7 Å². The van der Waals surface area contributed by atoms with E-state index in [2.05, 4.69) is 57.3 Å². The molecule has 0 radical (unpaired) electrons. The van der Waals surface area contributed by atoms with Gasteiger partial charge < -0.3 is 24.3 Å². The Morgan fingerprint density at radius 3 is 1.42 bits per heavy atom. The number of carbonyl (C=O) groups excluding carboxylic acids is 4. The van der Waals surface area contributed by atoms with E-state index < -0.39 is 11.9 Å². The van der Waals surface area contributed by atoms with E-state index in [1.807, 2.05) is 0 Å². The maximum absolute atomic E-state index is 12.3. The molecule has 0 saturated heterocycles. The zero-order valence-electron chi connectivity index (χ0n) is 28.0. The van der Waals surface area contributed by atoms with Crippen molar-refractivity contribution < 1.29 is 38.1 Å². The van der Waals surface area contributed by atoms with Crippen molar-refractivity contribution in [2.24, 2.45) is 11.8 Å². The molecule has 2 atom stereocenters. The van der Waals surface area contributed by atoms with Crippen molar-refractivity contribution >= 4 is 23.9 Å². The summed E-state index contributed by atoms with van der Waals surface area (Å²) >= 11 is 0. The highest BCUT2D eigenvalue weighted by atomic mass is 16.6. The van der Waals surface area contributed by atoms with Crippen LogP contribution in [0.3, 0.4) is 0 Å². The minimum absolute atomic E-state index is 0.0209. The Kier molecular flexibility index (Phi) is 18.8. The Labute approximate surface area is 269 Å². The molecule has 9 heteroatoms. The molecule has 0 aromatic carbocycles. The van der Waals surface area contributed by atoms with Gasteiger partial charge in [-0.15, -0.1) is 0 Å². The van der Waals surface area contributed by atoms with Crippen LogP contribution in [0, 0.1) is 11.8 Å². The lowest BCUT2D eigenvalue weighted by Crippen LogP contribution is -2.25. The molecule has 0 spiro atoms. The topological polar surface area (TPSA) is 117 Å². The number of carbonyl (C=O) groups is 4. The van der Waals surface area contributed by atoms with Gasteiger partial charge in [0.25, 0.3) is 0 Å². The Morgan fingerprint density at radius 1 is 0.667 bits per heavy atom. The minimum atomic E-state index is -0.405. The quantitative estimate of drug-likeness (QED) is 0.0699. The van der Waals surface area contributed by atoms with Crippen LogP contribution in [0.5, 0.6) is 0 Å². The molecule has 2 rings (SSSR count). The van der Waals surface area contributed by atoms with Crippen molar-refractivity contribution in [1.29, 1.82) is 0 Å². The molecular weight excluding hydrogens is 574 g/mol. The third kappa shape index (κ3) is 17.8. The molecule has 0 fully saturated rings. The van der Waals surface area contributed by atoms with Gasteiger partial charge in [-0.3, -0.25) is 19.2 Å². The highest BCUT2D eigenvalue weighted by molar-refractivity contribution is 5.73. The smallest absolute Gasteiger partial charge is 0.309 e. The van der Waals surface area contributed by atoms with Gasteiger partial charge in [-0.25, -0.2) is 0 Å². The molecule has 0 aromatic heterocycles. The third-order valence-corrected chi connectivity index (χ3v) is 7.91. The molecule has 1 N–H and O–H groups in total. The van der Waals surface area contributed by atoms with Crippen LogP contribution in [0.4, 0.5) is 0 Å². The maximum Gasteiger partial charge on any atom is 0.309 e. The minimum Gasteiger partial charge on any atom is -0.462 e. The van der Waals surface area contributed by atoms with Crippen LogP contribution in [-0.2, 0) is 38.1 Å². The van der Waals surface area contributed by atoms with Crippen molar-refractivity contribution in [3.8, 4) is 0 Å². The summed E-state index contributed by atoms with van der Waals surface area (Å²) in [6, 6.07) is 0. The van der Waals surface area contributed by atoms with Crippen LogP contribution in [0.25, 0.3) is 0 Å². The second-order valence-electron chi connectivity index (χ2n) is 12.3. The zero-order chi connectivity index (χ0) is 32.9. The number of nitrogens with one attached hydrogen (secondary N) is 1. The molecule has 252 valence electrons. The molecule has 0 heterocycles. The lowest BCUT2D eigenvalue weighted by Gasteiger charge is -2.20. The summed E-state index contributed by atoms with van der Waals surface area (Å²) < 4.78 is 20.9. The highest BCUT2D eigenvalue weighted by Gasteiger charge is 2.24. The molecule has 0 amide bonds. The number of allylic oxidation sites excluding steroid dienone is 8. The summed E-state index contributed by atoms with van der Waals surface area (Å²) in [5, 5.41) is 3.00. The average molecular weight is 630 g/mol. The molecule has 2 aliphatic carbocycles. The standard InChI is InChI=1S/C36H55NO8/c1-27(2)7-5-9-29-11-15-31(16-12-29)35(40)44-25-23-42-33(38)19-21-37-22-20-34(39)43-24-26-45-36(41)32-17-13-30(14-18-32)10-6-8-28(3)4/h7-8,11,13,31-32,37H,5-6,9-10,12,14-26H2,1-4H3. The van der Waals surface area contributed by atoms with E-state index in [9.17, 15) is 19.2 Å². The molecule has 0 saturated carbocycles. The van der Waals surface area contributed by atoms with Crippen LogP contribution in [0.15, 0.2) is 46.6 Å². The fourth-order valence-corrected chi connectivity index (χ4v) is 5.23. The summed E-state index contributed by atoms with van der Waals surface area (Å²) in [7, 11) is 0. The van der Waals surface area contributed by atoms with Gasteiger partial charge in [0.1, 0.15) is 26.4 Å². The summed E-state index contributed by atoms with van der Waals surface area (Å²) in [4.78, 5) is 48.5. The first-order chi connectivity index (χ1) is 21.6. The van der Waals surface area contributed by atoms with E-state index >= 15 is 0 Å². The van der Waals surface area contributed by atoms with Crippen molar-refractivity contribution in [3.63, 3.8) is 0 Å². The van der Waals surface area contributed by atoms with Gasteiger partial charge in [-0.1, -0.05) is 46.6 Å². The van der Waals surface area contributed by atoms with E-state index in [4.69, 9.17) is 18.9 Å². The van der Waals surface area contributed by atoms with Crippen LogP contribution in [0.1, 0.15) is 105 Å². The van der Waals surface area contributed by atoms with Gasteiger partial charge in [0, 0.05) is 13.1 Å². The average Bonchev–Trinajstić information content (AvgIpc) is 3.01. The van der Waals surface area contributed by atoms with Crippen LogP contribution in [0.2, 0.25) is 0 Å². The molecule has 0 bridgehead atoms. The highest BCUT2D eigenvalue weighted by Crippen LogP contribution is 2.28. The van der Waals surface area contributed by atoms with Crippen LogP contribution in [-0.4, -0.2) is 63.4 Å². The molecule has 2 unspecified atom stereocenters. The molecular formula is C36H55NO8. The van der Waals surface area contributed by atoms with Gasteiger partial charge in [0.15, 0.2) is 0 Å². The molecule has 45 heavy (non-hydrogen) atoms. The lowest BCUT2D eigenvalue weighted by atomic mass is 9.88. The van der Waals surface area contributed by atoms with Crippen molar-refractivity contribution in [2.45, 2.75) is 105 Å². The Bertz CT molecular complexity index is 995. The summed E-state index contributed by atoms with van der Waals surface area (Å²) in [6.45, 7) is 9.22. The van der Waals surface area contributed by atoms with Crippen molar-refractivity contribution in [3.05, 3.63) is 46.6 Å². The van der Waals surface area contributed by atoms with Crippen molar-refractivity contribution in [2.75, 3.05) is 39.5 Å². The monoisotopic (exact) mass is 629 g/mol. The van der Waals surface area contributed by atoms with Gasteiger partial charge in [0.2, 0.25) is 0 Å². The number of hydrogen-bond acceptors (Lipinski definition) is 9. The second kappa shape index (κ2) is 22.3. The SMILES string of the molecule is CC(C)=CCCC1=CCC(C(=O)OCCOC(=O)CCNCCC(=O)OCCOC(=O)C2CC=C(CCC=C(C)C)CC2)CC1. The maximum atomic E-state index is 12.3. The van der Waals surface area contributed by atoms with E-state index in [0.717, 1.165) is 51.4 Å². The zero-order valence-corrected chi connectivity index (χ0v) is 28.0. The normalized spacial score (nSPS) is 17.7. The Morgan fingerprint density at radius 2 is 1.07 bits per heavy atom. The number of ether oxygens (including phenoxy) is 4. The summed E-state index contributed by atoms with van der Waals surface area (Å²) in [5.41, 5.74) is 5.45. The number of rotatable bonds is 20. The first-order valence-electron chi connectivity index (χ1n) is 16.6. The van der Waals surface area contributed by atoms with Crippen molar-refractivity contribution in [1.82, 2.24) is 5.32 Å². The van der Waals surface area contributed by atoms with E-state index in [0.29, 0.717) is 25.9 Å². The van der Waals surface area contributed by atoms with E-state index in [-0.39, 0.29) is 63.0 Å². The Hall–Kier alpha value is -3.20. The van der Waals surface area contributed by atoms with E-state index in [1.54, 1.807) is 0 Å². The van der Waals surface area contributed by atoms with Crippen LogP contribution < -0.4 is 5.32 Å². The van der Waals surface area contributed by atoms with Crippen LogP contribution >= 0.6 is 0 Å². The van der Waals surface area contributed by atoms with Gasteiger partial charge in [-0.05, 0) is 91.9 Å². The molecule has 0 aliphatic heterocycles. The summed E-state index contributed by atoms with van der Waals surface area (Å²) in [5.74, 6) is -1.54. The first-order valence-corrected chi connectivity index (χ1v) is 16.6. The predicted octanol–water partition coefficient (Wildman–Crippen LogP) is 6.47. The number of esters is 4. The molecule has 2 aliphatic rings. The van der Waals surface area contributed by atoms with E-state index in [1.165, 1.54) is 22.3 Å². The third-order valence-electron chi connectivity index (χ3n) is 7.91. The largest absolute Gasteiger partial charge is 0.462 e. The molecule has 0 aromatic rings. The number of hydrogen-bond donors (Lipinski definition) is 1. The molecule has 9 nitrogen and oxygen atoms in total.